The highest BCUT2D eigenvalue weighted by atomic mass is 16.5. The highest BCUT2D eigenvalue weighted by Gasteiger charge is 2.28. The third kappa shape index (κ3) is 4.55. The Morgan fingerprint density at radius 3 is 2.58 bits per heavy atom. The van der Waals surface area contributed by atoms with Gasteiger partial charge in [-0.1, -0.05) is 13.8 Å². The van der Waals surface area contributed by atoms with Crippen molar-refractivity contribution in [3.63, 3.8) is 0 Å². The van der Waals surface area contributed by atoms with E-state index in [0.29, 0.717) is 6.61 Å². The van der Waals surface area contributed by atoms with Crippen molar-refractivity contribution in [2.45, 2.75) is 59.6 Å². The summed E-state index contributed by atoms with van der Waals surface area (Å²) in [5.41, 5.74) is 1.65. The van der Waals surface area contributed by atoms with Crippen LogP contribution in [0.5, 0.6) is 0 Å². The molecular formula is C15H27N3O. The van der Waals surface area contributed by atoms with E-state index >= 15 is 0 Å². The van der Waals surface area contributed by atoms with Crippen molar-refractivity contribution < 1.29 is 4.74 Å². The van der Waals surface area contributed by atoms with Crippen LogP contribution in [0.15, 0.2) is 6.07 Å². The summed E-state index contributed by atoms with van der Waals surface area (Å²) in [5.74, 6) is 0.796. The normalized spacial score (nSPS) is 14.4. The van der Waals surface area contributed by atoms with Gasteiger partial charge in [0.25, 0.3) is 0 Å². The molecule has 0 saturated heterocycles. The lowest BCUT2D eigenvalue weighted by molar-refractivity contribution is -0.0393. The number of nitrogens with one attached hydrogen (secondary N) is 1. The van der Waals surface area contributed by atoms with Gasteiger partial charge < -0.3 is 10.1 Å². The number of aryl methyl sites for hydroxylation is 1. The zero-order valence-corrected chi connectivity index (χ0v) is 12.9. The van der Waals surface area contributed by atoms with Crippen LogP contribution in [0.1, 0.15) is 57.7 Å². The number of aromatic nitrogens is 2. The first kappa shape index (κ1) is 16.1. The molecule has 1 N–H and O–H groups in total. The zero-order valence-electron chi connectivity index (χ0n) is 12.9. The number of nitrogens with zero attached hydrogens (tertiary/aromatic N) is 2. The summed E-state index contributed by atoms with van der Waals surface area (Å²) in [6, 6.07) is 2.04. The van der Waals surface area contributed by atoms with E-state index in [1.807, 2.05) is 19.9 Å². The number of hydrogen-bond acceptors (Lipinski definition) is 4. The Balaban J connectivity index is 2.94. The molecule has 1 aromatic heterocycles. The van der Waals surface area contributed by atoms with E-state index < -0.39 is 0 Å². The summed E-state index contributed by atoms with van der Waals surface area (Å²) < 4.78 is 5.85. The van der Waals surface area contributed by atoms with Crippen LogP contribution in [0.4, 0.5) is 0 Å². The van der Waals surface area contributed by atoms with Gasteiger partial charge in [0.2, 0.25) is 0 Å². The molecule has 0 saturated carbocycles. The molecule has 1 unspecified atom stereocenters. The summed E-state index contributed by atoms with van der Waals surface area (Å²) in [6.45, 7) is 12.8. The van der Waals surface area contributed by atoms with Crippen LogP contribution in [0.3, 0.4) is 0 Å². The molecule has 1 rings (SSSR count). The van der Waals surface area contributed by atoms with E-state index in [-0.39, 0.29) is 5.60 Å². The smallest absolute Gasteiger partial charge is 0.160 e. The minimum absolute atomic E-state index is 0.389. The molecule has 0 aliphatic heterocycles. The maximum absolute atomic E-state index is 5.85. The van der Waals surface area contributed by atoms with E-state index in [2.05, 4.69) is 36.1 Å². The number of ether oxygens (including phenoxy) is 1. The van der Waals surface area contributed by atoms with Gasteiger partial charge in [-0.2, -0.15) is 0 Å². The van der Waals surface area contributed by atoms with Gasteiger partial charge in [0, 0.05) is 18.8 Å². The fourth-order valence-electron chi connectivity index (χ4n) is 2.00. The van der Waals surface area contributed by atoms with Gasteiger partial charge in [-0.3, -0.25) is 0 Å². The van der Waals surface area contributed by atoms with Crippen molar-refractivity contribution in [1.82, 2.24) is 15.3 Å². The molecule has 4 heteroatoms. The molecule has 1 heterocycles. The molecule has 0 aliphatic rings. The van der Waals surface area contributed by atoms with Gasteiger partial charge in [0.1, 0.15) is 5.60 Å². The Kier molecular flexibility index (Phi) is 6.38. The second-order valence-electron chi connectivity index (χ2n) is 5.02. The predicted octanol–water partition coefficient (Wildman–Crippen LogP) is 2.95. The molecule has 0 aliphatic carbocycles. The third-order valence-corrected chi connectivity index (χ3v) is 3.25. The Bertz CT molecular complexity index is 395. The second-order valence-corrected chi connectivity index (χ2v) is 5.02. The monoisotopic (exact) mass is 265 g/mol. The first-order valence-corrected chi connectivity index (χ1v) is 7.25. The van der Waals surface area contributed by atoms with Crippen molar-refractivity contribution in [2.24, 2.45) is 0 Å². The van der Waals surface area contributed by atoms with Crippen LogP contribution in [0, 0.1) is 6.92 Å². The van der Waals surface area contributed by atoms with E-state index in [1.165, 1.54) is 0 Å². The maximum Gasteiger partial charge on any atom is 0.160 e. The van der Waals surface area contributed by atoms with Crippen molar-refractivity contribution in [2.75, 3.05) is 13.2 Å². The number of hydrogen-bond donors (Lipinski definition) is 1. The van der Waals surface area contributed by atoms with E-state index in [1.54, 1.807) is 0 Å². The lowest BCUT2D eigenvalue weighted by atomic mass is 10.0. The molecule has 0 spiro atoms. The highest BCUT2D eigenvalue weighted by Crippen LogP contribution is 2.26. The molecule has 0 fully saturated rings. The SMILES string of the molecule is CCCNCc1cc(C)nc(C(C)(CC)OCC)n1. The van der Waals surface area contributed by atoms with E-state index in [9.17, 15) is 0 Å². The minimum Gasteiger partial charge on any atom is -0.368 e. The first-order valence-electron chi connectivity index (χ1n) is 7.25. The quantitative estimate of drug-likeness (QED) is 0.734. The fourth-order valence-corrected chi connectivity index (χ4v) is 2.00. The van der Waals surface area contributed by atoms with Crippen LogP contribution in [0.2, 0.25) is 0 Å². The molecule has 19 heavy (non-hydrogen) atoms. The van der Waals surface area contributed by atoms with Crippen LogP contribution in [-0.2, 0) is 16.9 Å². The Morgan fingerprint density at radius 2 is 2.00 bits per heavy atom. The third-order valence-electron chi connectivity index (χ3n) is 3.25. The van der Waals surface area contributed by atoms with Crippen molar-refractivity contribution in [3.05, 3.63) is 23.3 Å². The second kappa shape index (κ2) is 7.56. The average molecular weight is 265 g/mol. The fraction of sp³-hybridized carbons (Fsp3) is 0.733. The lowest BCUT2D eigenvalue weighted by Crippen LogP contribution is -2.29. The maximum atomic E-state index is 5.85. The van der Waals surface area contributed by atoms with E-state index in [0.717, 1.165) is 43.1 Å². The topological polar surface area (TPSA) is 47.0 Å². The molecule has 0 amide bonds. The Morgan fingerprint density at radius 1 is 1.26 bits per heavy atom. The first-order chi connectivity index (χ1) is 9.05. The summed E-state index contributed by atoms with van der Waals surface area (Å²) >= 11 is 0. The van der Waals surface area contributed by atoms with Crippen molar-refractivity contribution in [1.29, 1.82) is 0 Å². The molecular weight excluding hydrogens is 238 g/mol. The predicted molar refractivity (Wildman–Crippen MR) is 78.0 cm³/mol. The van der Waals surface area contributed by atoms with Crippen LogP contribution in [0.25, 0.3) is 0 Å². The summed E-state index contributed by atoms with van der Waals surface area (Å²) in [6.07, 6.45) is 1.99. The van der Waals surface area contributed by atoms with Gasteiger partial charge in [-0.05, 0) is 46.2 Å². The van der Waals surface area contributed by atoms with Crippen molar-refractivity contribution in [3.8, 4) is 0 Å². The van der Waals surface area contributed by atoms with Crippen LogP contribution >= 0.6 is 0 Å². The minimum atomic E-state index is -0.389. The zero-order chi connectivity index (χ0) is 14.3. The van der Waals surface area contributed by atoms with Gasteiger partial charge in [0.15, 0.2) is 5.82 Å². The van der Waals surface area contributed by atoms with Gasteiger partial charge in [-0.15, -0.1) is 0 Å². The molecule has 0 radical (unpaired) electrons. The largest absolute Gasteiger partial charge is 0.368 e. The molecule has 0 aromatic carbocycles. The van der Waals surface area contributed by atoms with Crippen LogP contribution < -0.4 is 5.32 Å². The Hall–Kier alpha value is -1.00. The van der Waals surface area contributed by atoms with Crippen LogP contribution in [-0.4, -0.2) is 23.1 Å². The molecule has 108 valence electrons. The molecule has 0 bridgehead atoms. The molecule has 4 nitrogen and oxygen atoms in total. The number of rotatable bonds is 8. The summed E-state index contributed by atoms with van der Waals surface area (Å²) in [5, 5.41) is 3.38. The molecule has 1 atom stereocenters. The summed E-state index contributed by atoms with van der Waals surface area (Å²) in [7, 11) is 0. The van der Waals surface area contributed by atoms with Gasteiger partial charge in [0.05, 0.1) is 5.69 Å². The standard InChI is InChI=1S/C15H27N3O/c1-6-9-16-11-13-10-12(4)17-14(18-13)15(5,7-2)19-8-3/h10,16H,6-9,11H2,1-5H3. The Labute approximate surface area is 117 Å². The highest BCUT2D eigenvalue weighted by molar-refractivity contribution is 5.13. The van der Waals surface area contributed by atoms with Gasteiger partial charge >= 0.3 is 0 Å². The van der Waals surface area contributed by atoms with E-state index in [4.69, 9.17) is 4.74 Å². The van der Waals surface area contributed by atoms with Gasteiger partial charge in [-0.25, -0.2) is 9.97 Å². The summed E-state index contributed by atoms with van der Waals surface area (Å²) in [4.78, 5) is 9.23. The van der Waals surface area contributed by atoms with Crippen molar-refractivity contribution >= 4 is 0 Å². The average Bonchev–Trinajstić information content (AvgIpc) is 2.38. The lowest BCUT2D eigenvalue weighted by Gasteiger charge is -2.27. The molecule has 1 aromatic rings.